The van der Waals surface area contributed by atoms with E-state index in [1.807, 2.05) is 37.3 Å². The number of carbonyl (C=O) groups is 1. The average molecular weight is 369 g/mol. The largest absolute Gasteiger partial charge is 0.497 e. The van der Waals surface area contributed by atoms with Crippen molar-refractivity contribution in [2.24, 2.45) is 0 Å². The summed E-state index contributed by atoms with van der Waals surface area (Å²) in [5.74, 6) is 0.858. The third-order valence-electron chi connectivity index (χ3n) is 4.09. The number of ether oxygens (including phenoxy) is 1. The molecule has 0 radical (unpaired) electrons. The van der Waals surface area contributed by atoms with Crippen LogP contribution in [0.5, 0.6) is 5.75 Å². The van der Waals surface area contributed by atoms with Crippen molar-refractivity contribution in [3.63, 3.8) is 0 Å². The lowest BCUT2D eigenvalue weighted by atomic mass is 10.1. The van der Waals surface area contributed by atoms with Gasteiger partial charge in [0.1, 0.15) is 5.75 Å². The van der Waals surface area contributed by atoms with Crippen LogP contribution >= 0.6 is 11.8 Å². The summed E-state index contributed by atoms with van der Waals surface area (Å²) >= 11 is 1.24. The van der Waals surface area contributed by atoms with Crippen LogP contribution in [0.3, 0.4) is 0 Å². The van der Waals surface area contributed by atoms with Gasteiger partial charge in [-0.05, 0) is 36.8 Å². The Morgan fingerprint density at radius 3 is 2.54 bits per heavy atom. The van der Waals surface area contributed by atoms with E-state index in [9.17, 15) is 9.59 Å². The Kier molecular flexibility index (Phi) is 5.58. The number of thioether (sulfide) groups is 1. The van der Waals surface area contributed by atoms with Crippen LogP contribution < -0.4 is 10.4 Å². The molecule has 0 bridgehead atoms. The lowest BCUT2D eigenvalue weighted by molar-refractivity contribution is 0.102. The van der Waals surface area contributed by atoms with Gasteiger partial charge in [0.05, 0.1) is 18.9 Å². The molecule has 0 amide bonds. The van der Waals surface area contributed by atoms with Crippen molar-refractivity contribution in [2.45, 2.75) is 18.1 Å². The van der Waals surface area contributed by atoms with Crippen molar-refractivity contribution < 1.29 is 9.53 Å². The van der Waals surface area contributed by atoms with Crippen LogP contribution in [0.4, 0.5) is 0 Å². The normalized spacial score (nSPS) is 11.9. The first kappa shape index (κ1) is 18.0. The maximum absolute atomic E-state index is 12.4. The summed E-state index contributed by atoms with van der Waals surface area (Å²) in [4.78, 5) is 24.6. The van der Waals surface area contributed by atoms with Gasteiger partial charge in [0.2, 0.25) is 0 Å². The fraction of sp³-hybridized carbons (Fsp3) is 0.211. The van der Waals surface area contributed by atoms with Gasteiger partial charge in [0.25, 0.3) is 0 Å². The highest BCUT2D eigenvalue weighted by Crippen LogP contribution is 2.23. The fourth-order valence-corrected chi connectivity index (χ4v) is 3.52. The van der Waals surface area contributed by atoms with Gasteiger partial charge >= 0.3 is 5.69 Å². The molecule has 2 aromatic carbocycles. The summed E-state index contributed by atoms with van der Waals surface area (Å²) in [6.07, 6.45) is 0. The first-order chi connectivity index (χ1) is 12.6. The molecule has 1 heterocycles. The first-order valence-corrected chi connectivity index (χ1v) is 9.10. The Bertz CT molecular complexity index is 933. The molecule has 0 saturated carbocycles. The van der Waals surface area contributed by atoms with E-state index in [-0.39, 0.29) is 23.3 Å². The minimum atomic E-state index is -0.291. The first-order valence-electron chi connectivity index (χ1n) is 8.12. The second-order valence-electron chi connectivity index (χ2n) is 5.71. The van der Waals surface area contributed by atoms with E-state index in [1.54, 1.807) is 35.9 Å². The third kappa shape index (κ3) is 3.88. The number of methoxy groups -OCH3 is 1. The van der Waals surface area contributed by atoms with Crippen LogP contribution in [0, 0.1) is 0 Å². The quantitative estimate of drug-likeness (QED) is 0.511. The highest BCUT2D eigenvalue weighted by atomic mass is 32.2. The molecule has 0 saturated heterocycles. The van der Waals surface area contributed by atoms with Crippen LogP contribution in [0.1, 0.15) is 28.9 Å². The van der Waals surface area contributed by atoms with Crippen LogP contribution in [-0.2, 0) is 0 Å². The van der Waals surface area contributed by atoms with Crippen molar-refractivity contribution in [3.8, 4) is 5.75 Å². The number of rotatable bonds is 7. The number of ketones is 1. The molecule has 26 heavy (non-hydrogen) atoms. The third-order valence-corrected chi connectivity index (χ3v) is 5.04. The van der Waals surface area contributed by atoms with Gasteiger partial charge in [-0.3, -0.25) is 9.36 Å². The number of hydrogen-bond acceptors (Lipinski definition) is 5. The Hall–Kier alpha value is -2.80. The van der Waals surface area contributed by atoms with Gasteiger partial charge in [-0.25, -0.2) is 9.89 Å². The minimum Gasteiger partial charge on any atom is -0.497 e. The predicted octanol–water partition coefficient (Wildman–Crippen LogP) is 3.16. The summed E-state index contributed by atoms with van der Waals surface area (Å²) in [5.41, 5.74) is 1.30. The van der Waals surface area contributed by atoms with Crippen molar-refractivity contribution >= 4 is 17.5 Å². The van der Waals surface area contributed by atoms with Crippen LogP contribution in [0.25, 0.3) is 0 Å². The Morgan fingerprint density at radius 2 is 1.88 bits per heavy atom. The molecule has 0 unspecified atom stereocenters. The number of Topliss-reactive ketones (excluding diaryl/α,β-unsaturated/α-hetero) is 1. The molecule has 1 aromatic heterocycles. The Labute approximate surface area is 155 Å². The SMILES string of the molecule is COc1ccc(C(=O)CSc2n[nH]c(=O)n2[C@H](C)c2ccccc2)cc1. The van der Waals surface area contributed by atoms with E-state index in [0.29, 0.717) is 16.5 Å². The van der Waals surface area contributed by atoms with E-state index >= 15 is 0 Å². The van der Waals surface area contributed by atoms with Gasteiger partial charge in [-0.1, -0.05) is 42.1 Å². The number of carbonyl (C=O) groups excluding carboxylic acids is 1. The summed E-state index contributed by atoms with van der Waals surface area (Å²) in [7, 11) is 1.58. The van der Waals surface area contributed by atoms with Crippen molar-refractivity contribution in [1.82, 2.24) is 14.8 Å². The molecule has 0 aliphatic carbocycles. The lowest BCUT2D eigenvalue weighted by Crippen LogP contribution is -2.22. The molecule has 1 atom stereocenters. The molecular formula is C19H19N3O3S. The van der Waals surface area contributed by atoms with Crippen LogP contribution in [0.15, 0.2) is 64.5 Å². The number of aromatic nitrogens is 3. The summed E-state index contributed by atoms with van der Waals surface area (Å²) in [6.45, 7) is 1.93. The molecule has 0 aliphatic heterocycles. The van der Waals surface area contributed by atoms with E-state index in [4.69, 9.17) is 4.74 Å². The highest BCUT2D eigenvalue weighted by Gasteiger charge is 2.18. The lowest BCUT2D eigenvalue weighted by Gasteiger charge is -2.14. The van der Waals surface area contributed by atoms with Gasteiger partial charge in [-0.15, -0.1) is 5.10 Å². The Morgan fingerprint density at radius 1 is 1.19 bits per heavy atom. The van der Waals surface area contributed by atoms with E-state index in [1.165, 1.54) is 11.8 Å². The van der Waals surface area contributed by atoms with Crippen molar-refractivity contribution in [3.05, 3.63) is 76.2 Å². The molecular weight excluding hydrogens is 350 g/mol. The molecule has 3 aromatic rings. The molecule has 7 heteroatoms. The number of H-pyrrole nitrogens is 1. The monoisotopic (exact) mass is 369 g/mol. The molecule has 0 fully saturated rings. The molecule has 0 spiro atoms. The topological polar surface area (TPSA) is 77.0 Å². The maximum Gasteiger partial charge on any atom is 0.344 e. The van der Waals surface area contributed by atoms with E-state index in [0.717, 1.165) is 5.56 Å². The Balaban J connectivity index is 1.74. The summed E-state index contributed by atoms with van der Waals surface area (Å²) in [5, 5.41) is 7.04. The zero-order valence-corrected chi connectivity index (χ0v) is 15.3. The van der Waals surface area contributed by atoms with Crippen LogP contribution in [0.2, 0.25) is 0 Å². The van der Waals surface area contributed by atoms with E-state index in [2.05, 4.69) is 10.2 Å². The van der Waals surface area contributed by atoms with Gasteiger partial charge < -0.3 is 4.74 Å². The maximum atomic E-state index is 12.4. The molecule has 134 valence electrons. The molecule has 6 nitrogen and oxygen atoms in total. The highest BCUT2D eigenvalue weighted by molar-refractivity contribution is 7.99. The smallest absolute Gasteiger partial charge is 0.344 e. The van der Waals surface area contributed by atoms with Gasteiger partial charge in [0, 0.05) is 5.56 Å². The van der Waals surface area contributed by atoms with Crippen molar-refractivity contribution in [1.29, 1.82) is 0 Å². The van der Waals surface area contributed by atoms with Crippen molar-refractivity contribution in [2.75, 3.05) is 12.9 Å². The van der Waals surface area contributed by atoms with Gasteiger partial charge in [-0.2, -0.15) is 0 Å². The summed E-state index contributed by atoms with van der Waals surface area (Å²) in [6, 6.07) is 16.5. The zero-order valence-electron chi connectivity index (χ0n) is 14.5. The number of nitrogens with one attached hydrogen (secondary N) is 1. The fourth-order valence-electron chi connectivity index (χ4n) is 2.60. The van der Waals surface area contributed by atoms with Gasteiger partial charge in [0.15, 0.2) is 10.9 Å². The number of nitrogens with zero attached hydrogens (tertiary/aromatic N) is 2. The standard InChI is InChI=1S/C19H19N3O3S/c1-13(14-6-4-3-5-7-14)22-18(24)20-21-19(22)26-12-17(23)15-8-10-16(25-2)11-9-15/h3-11,13H,12H2,1-2H3,(H,20,24)/t13-/m1/s1. The molecule has 1 N–H and O–H groups in total. The summed E-state index contributed by atoms with van der Waals surface area (Å²) < 4.78 is 6.67. The zero-order chi connectivity index (χ0) is 18.5. The second kappa shape index (κ2) is 8.05. The predicted molar refractivity (Wildman–Crippen MR) is 101 cm³/mol. The van der Waals surface area contributed by atoms with E-state index < -0.39 is 0 Å². The average Bonchev–Trinajstić information content (AvgIpc) is 3.06. The molecule has 0 aliphatic rings. The van der Waals surface area contributed by atoms with Crippen LogP contribution in [-0.4, -0.2) is 33.4 Å². The molecule has 3 rings (SSSR count). The number of hydrogen-bond donors (Lipinski definition) is 1. The number of aromatic amines is 1. The second-order valence-corrected chi connectivity index (χ2v) is 6.65. The number of benzene rings is 2. The minimum absolute atomic E-state index is 0.0352.